The number of phenolic OH excluding ortho intramolecular Hbond substituents is 1. The maximum atomic E-state index is 12.5. The number of carbonyl (C=O) groups excluding carboxylic acids is 1. The molecule has 1 amide bonds. The fraction of sp³-hybridized carbons (Fsp3) is 0.312. The lowest BCUT2D eigenvalue weighted by Gasteiger charge is -2.32. The first kappa shape index (κ1) is 18.0. The average Bonchev–Trinajstić information content (AvgIpc) is 2.62. The lowest BCUT2D eigenvalue weighted by Crippen LogP contribution is -2.45. The molecule has 1 aromatic carbocycles. The van der Waals surface area contributed by atoms with E-state index in [1.54, 1.807) is 18.5 Å². The topological polar surface area (TPSA) is 78.4 Å². The van der Waals surface area contributed by atoms with Crippen LogP contribution in [0.1, 0.15) is 23.2 Å². The molecule has 0 unspecified atom stereocenters. The van der Waals surface area contributed by atoms with E-state index in [0.717, 1.165) is 12.8 Å². The van der Waals surface area contributed by atoms with Crippen molar-refractivity contribution < 1.29 is 9.90 Å². The van der Waals surface area contributed by atoms with Crippen LogP contribution >= 0.6 is 34.8 Å². The summed E-state index contributed by atoms with van der Waals surface area (Å²) in [5.74, 6) is -0.195. The van der Waals surface area contributed by atoms with Crippen molar-refractivity contribution in [3.8, 4) is 5.75 Å². The van der Waals surface area contributed by atoms with Crippen LogP contribution in [0.5, 0.6) is 5.75 Å². The van der Waals surface area contributed by atoms with Gasteiger partial charge in [0, 0.05) is 31.5 Å². The summed E-state index contributed by atoms with van der Waals surface area (Å²) in [5.41, 5.74) is -0.104. The van der Waals surface area contributed by atoms with Gasteiger partial charge >= 0.3 is 0 Å². The zero-order valence-corrected chi connectivity index (χ0v) is 15.3. The Morgan fingerprint density at radius 2 is 1.80 bits per heavy atom. The number of piperidine rings is 1. The van der Waals surface area contributed by atoms with Gasteiger partial charge < -0.3 is 15.3 Å². The van der Waals surface area contributed by atoms with Gasteiger partial charge in [-0.25, -0.2) is 9.97 Å². The van der Waals surface area contributed by atoms with E-state index in [-0.39, 0.29) is 32.4 Å². The molecular formula is C16H15Cl3N4O2. The minimum absolute atomic E-state index is 0.0174. The fourth-order valence-electron chi connectivity index (χ4n) is 2.73. The number of amides is 1. The van der Waals surface area contributed by atoms with E-state index < -0.39 is 5.91 Å². The van der Waals surface area contributed by atoms with E-state index in [1.807, 2.05) is 0 Å². The van der Waals surface area contributed by atoms with Crippen molar-refractivity contribution in [2.75, 3.05) is 18.0 Å². The number of phenols is 1. The first-order valence-corrected chi connectivity index (χ1v) is 8.80. The number of hydrogen-bond acceptors (Lipinski definition) is 5. The second-order valence-corrected chi connectivity index (χ2v) is 6.85. The molecule has 0 radical (unpaired) electrons. The van der Waals surface area contributed by atoms with Crippen molar-refractivity contribution in [1.82, 2.24) is 15.3 Å². The summed E-state index contributed by atoms with van der Waals surface area (Å²) in [5, 5.41) is 13.0. The quantitative estimate of drug-likeness (QED) is 0.769. The molecule has 2 heterocycles. The molecule has 0 spiro atoms. The van der Waals surface area contributed by atoms with Crippen LogP contribution in [-0.4, -0.2) is 40.1 Å². The van der Waals surface area contributed by atoms with Crippen LogP contribution in [0.2, 0.25) is 15.1 Å². The van der Waals surface area contributed by atoms with Crippen LogP contribution in [0.25, 0.3) is 0 Å². The highest BCUT2D eigenvalue weighted by Crippen LogP contribution is 2.38. The summed E-state index contributed by atoms with van der Waals surface area (Å²) in [6, 6.07) is 3.01. The van der Waals surface area contributed by atoms with Crippen molar-refractivity contribution >= 4 is 46.7 Å². The Morgan fingerprint density at radius 1 is 1.16 bits per heavy atom. The molecule has 132 valence electrons. The Bertz CT molecular complexity index is 754. The Hall–Kier alpha value is -1.76. The summed E-state index contributed by atoms with van der Waals surface area (Å²) in [6.07, 6.45) is 4.83. The molecule has 1 aliphatic rings. The van der Waals surface area contributed by atoms with Gasteiger partial charge in [0.05, 0.1) is 15.1 Å². The van der Waals surface area contributed by atoms with E-state index in [9.17, 15) is 9.90 Å². The van der Waals surface area contributed by atoms with E-state index in [1.165, 1.54) is 6.07 Å². The molecule has 1 saturated heterocycles. The van der Waals surface area contributed by atoms with Crippen LogP contribution in [0.3, 0.4) is 0 Å². The molecule has 6 nitrogen and oxygen atoms in total. The van der Waals surface area contributed by atoms with Gasteiger partial charge in [-0.15, -0.1) is 0 Å². The number of benzene rings is 1. The van der Waals surface area contributed by atoms with E-state index in [2.05, 4.69) is 20.2 Å². The summed E-state index contributed by atoms with van der Waals surface area (Å²) < 4.78 is 0. The first-order valence-electron chi connectivity index (χ1n) is 7.66. The summed E-state index contributed by atoms with van der Waals surface area (Å²) in [6.45, 7) is 1.43. The summed E-state index contributed by atoms with van der Waals surface area (Å²) in [7, 11) is 0. The number of nitrogens with one attached hydrogen (secondary N) is 1. The van der Waals surface area contributed by atoms with Crippen LogP contribution < -0.4 is 10.2 Å². The van der Waals surface area contributed by atoms with Crippen molar-refractivity contribution in [2.24, 2.45) is 0 Å². The van der Waals surface area contributed by atoms with Crippen LogP contribution in [0.15, 0.2) is 24.5 Å². The molecular weight excluding hydrogens is 387 g/mol. The predicted molar refractivity (Wildman–Crippen MR) is 97.9 cm³/mol. The number of nitrogens with zero attached hydrogens (tertiary/aromatic N) is 3. The predicted octanol–water partition coefficient (Wildman–Crippen LogP) is 3.54. The number of carbonyl (C=O) groups is 1. The molecule has 0 atom stereocenters. The largest absolute Gasteiger partial charge is 0.505 e. The lowest BCUT2D eigenvalue weighted by atomic mass is 10.0. The highest BCUT2D eigenvalue weighted by atomic mass is 35.5. The van der Waals surface area contributed by atoms with Gasteiger partial charge in [-0.1, -0.05) is 34.8 Å². The van der Waals surface area contributed by atoms with Crippen LogP contribution in [-0.2, 0) is 0 Å². The normalized spacial score (nSPS) is 15.2. The molecule has 2 aromatic rings. The molecule has 1 aromatic heterocycles. The molecule has 0 aliphatic carbocycles. The molecule has 0 bridgehead atoms. The minimum atomic E-state index is -0.499. The summed E-state index contributed by atoms with van der Waals surface area (Å²) >= 11 is 17.9. The number of aromatic hydroxyl groups is 1. The van der Waals surface area contributed by atoms with E-state index >= 15 is 0 Å². The van der Waals surface area contributed by atoms with Gasteiger partial charge in [-0.3, -0.25) is 4.79 Å². The van der Waals surface area contributed by atoms with Crippen LogP contribution in [0, 0.1) is 0 Å². The molecule has 25 heavy (non-hydrogen) atoms. The molecule has 0 saturated carbocycles. The van der Waals surface area contributed by atoms with Gasteiger partial charge in [0.1, 0.15) is 11.3 Å². The van der Waals surface area contributed by atoms with Gasteiger partial charge in [-0.05, 0) is 25.0 Å². The van der Waals surface area contributed by atoms with Crippen molar-refractivity contribution in [2.45, 2.75) is 18.9 Å². The third-order valence-electron chi connectivity index (χ3n) is 4.04. The van der Waals surface area contributed by atoms with Gasteiger partial charge in [0.2, 0.25) is 5.95 Å². The second-order valence-electron chi connectivity index (χ2n) is 5.66. The number of halogens is 3. The standard InChI is InChI=1S/C16H15Cl3N4O2/c17-10-8-11(18)14(24)12(13(10)19)15(25)22-9-2-6-23(7-3-9)16-20-4-1-5-21-16/h1,4-5,8-9,24H,2-3,6-7H2,(H,22,25). The number of anilines is 1. The Kier molecular flexibility index (Phi) is 5.51. The maximum absolute atomic E-state index is 12.5. The molecule has 9 heteroatoms. The summed E-state index contributed by atoms with van der Waals surface area (Å²) in [4.78, 5) is 23.0. The third-order valence-corrected chi connectivity index (χ3v) is 5.11. The van der Waals surface area contributed by atoms with Gasteiger partial charge in [0.15, 0.2) is 0 Å². The zero-order valence-electron chi connectivity index (χ0n) is 13.0. The minimum Gasteiger partial charge on any atom is -0.505 e. The first-order chi connectivity index (χ1) is 12.0. The monoisotopic (exact) mass is 400 g/mol. The average molecular weight is 402 g/mol. The second kappa shape index (κ2) is 7.64. The van der Waals surface area contributed by atoms with E-state index in [4.69, 9.17) is 34.8 Å². The van der Waals surface area contributed by atoms with Gasteiger partial charge in [0.25, 0.3) is 5.91 Å². The highest BCUT2D eigenvalue weighted by molar-refractivity contribution is 6.45. The molecule has 1 aliphatic heterocycles. The Balaban J connectivity index is 1.66. The number of rotatable bonds is 3. The van der Waals surface area contributed by atoms with Gasteiger partial charge in [-0.2, -0.15) is 0 Å². The SMILES string of the molecule is O=C(NC1CCN(c2ncccn2)CC1)c1c(O)c(Cl)cc(Cl)c1Cl. The molecule has 2 N–H and O–H groups in total. The van der Waals surface area contributed by atoms with Crippen molar-refractivity contribution in [1.29, 1.82) is 0 Å². The molecule has 3 rings (SSSR count). The zero-order chi connectivity index (χ0) is 18.0. The van der Waals surface area contributed by atoms with Crippen molar-refractivity contribution in [3.05, 3.63) is 45.2 Å². The Morgan fingerprint density at radius 3 is 2.44 bits per heavy atom. The number of aromatic nitrogens is 2. The van der Waals surface area contributed by atoms with Crippen LogP contribution in [0.4, 0.5) is 5.95 Å². The maximum Gasteiger partial charge on any atom is 0.256 e. The van der Waals surface area contributed by atoms with Crippen molar-refractivity contribution in [3.63, 3.8) is 0 Å². The fourth-order valence-corrected chi connectivity index (χ4v) is 3.42. The highest BCUT2D eigenvalue weighted by Gasteiger charge is 2.26. The number of hydrogen-bond donors (Lipinski definition) is 2. The lowest BCUT2D eigenvalue weighted by molar-refractivity contribution is 0.0928. The van der Waals surface area contributed by atoms with E-state index in [0.29, 0.717) is 19.0 Å². The smallest absolute Gasteiger partial charge is 0.256 e. The molecule has 1 fully saturated rings. The third kappa shape index (κ3) is 3.92. The Labute approximate surface area is 159 Å².